The maximum Gasteiger partial charge on any atom is 0.118 e. The fourth-order valence-corrected chi connectivity index (χ4v) is 2.43. The van der Waals surface area contributed by atoms with Gasteiger partial charge in [0.1, 0.15) is 5.75 Å². The molecule has 0 atom stereocenters. The number of hydrogen-bond donors (Lipinski definition) is 0. The van der Waals surface area contributed by atoms with Gasteiger partial charge in [-0.25, -0.2) is 0 Å². The molecule has 0 aliphatic carbocycles. The predicted molar refractivity (Wildman–Crippen MR) is 84.8 cm³/mol. The molecule has 0 fully saturated rings. The highest BCUT2D eigenvalue weighted by Gasteiger charge is 1.93. The summed E-state index contributed by atoms with van der Waals surface area (Å²) in [6.45, 7) is 0. The van der Waals surface area contributed by atoms with Crippen molar-refractivity contribution in [1.29, 1.82) is 0 Å². The van der Waals surface area contributed by atoms with Crippen LogP contribution in [0.1, 0.15) is 11.1 Å². The molecule has 0 aliphatic rings. The maximum atomic E-state index is 5.84. The Morgan fingerprint density at radius 3 is 2.37 bits per heavy atom. The lowest BCUT2D eigenvalue weighted by Gasteiger charge is -2.01. The molecule has 3 heteroatoms. The van der Waals surface area contributed by atoms with Gasteiger partial charge in [-0.3, -0.25) is 0 Å². The molecule has 98 valence electrons. The van der Waals surface area contributed by atoms with Gasteiger partial charge in [-0.2, -0.15) is 0 Å². The van der Waals surface area contributed by atoms with Crippen molar-refractivity contribution in [3.05, 3.63) is 70.1 Å². The van der Waals surface area contributed by atoms with Crippen LogP contribution in [0.15, 0.2) is 53.9 Å². The van der Waals surface area contributed by atoms with Gasteiger partial charge in [0.05, 0.1) is 7.11 Å². The lowest BCUT2D eigenvalue weighted by Crippen LogP contribution is -1.83. The van der Waals surface area contributed by atoms with E-state index in [1.165, 1.54) is 5.56 Å². The average Bonchev–Trinajstić information content (AvgIpc) is 2.46. The largest absolute Gasteiger partial charge is 0.497 e. The van der Waals surface area contributed by atoms with Crippen LogP contribution in [-0.4, -0.2) is 7.11 Å². The van der Waals surface area contributed by atoms with Crippen molar-refractivity contribution in [3.8, 4) is 5.75 Å². The van der Waals surface area contributed by atoms with Crippen LogP contribution in [0.25, 0.3) is 6.08 Å². The van der Waals surface area contributed by atoms with Gasteiger partial charge in [-0.1, -0.05) is 35.9 Å². The first-order chi connectivity index (χ1) is 9.28. The molecule has 0 N–H and O–H groups in total. The molecule has 0 saturated heterocycles. The summed E-state index contributed by atoms with van der Waals surface area (Å²) in [6.07, 6.45) is 2.09. The van der Waals surface area contributed by atoms with Crippen LogP contribution in [0.4, 0.5) is 0 Å². The average molecular weight is 291 g/mol. The second kappa shape index (κ2) is 7.27. The summed E-state index contributed by atoms with van der Waals surface area (Å²) < 4.78 is 5.13. The van der Waals surface area contributed by atoms with E-state index in [4.69, 9.17) is 16.3 Å². The molecule has 19 heavy (non-hydrogen) atoms. The number of methoxy groups -OCH3 is 1. The Labute approximate surface area is 123 Å². The minimum absolute atomic E-state index is 0.767. The molecule has 1 nitrogen and oxygen atoms in total. The quantitative estimate of drug-likeness (QED) is 0.743. The third-order valence-corrected chi connectivity index (χ3v) is 3.72. The van der Waals surface area contributed by atoms with Crippen LogP contribution >= 0.6 is 23.4 Å². The summed E-state index contributed by atoms with van der Waals surface area (Å²) in [7, 11) is 1.68. The Morgan fingerprint density at radius 1 is 1.05 bits per heavy atom. The van der Waals surface area contributed by atoms with Crippen LogP contribution in [-0.2, 0) is 5.75 Å². The molecular weight excluding hydrogens is 276 g/mol. The van der Waals surface area contributed by atoms with Crippen molar-refractivity contribution in [1.82, 2.24) is 0 Å². The van der Waals surface area contributed by atoms with E-state index in [1.807, 2.05) is 36.4 Å². The molecule has 0 saturated carbocycles. The van der Waals surface area contributed by atoms with Gasteiger partial charge in [0.25, 0.3) is 0 Å². The third-order valence-electron chi connectivity index (χ3n) is 2.64. The Hall–Kier alpha value is -1.38. The van der Waals surface area contributed by atoms with E-state index in [9.17, 15) is 0 Å². The number of ether oxygens (including phenoxy) is 1. The van der Waals surface area contributed by atoms with Crippen LogP contribution < -0.4 is 4.74 Å². The molecule has 2 aromatic carbocycles. The van der Waals surface area contributed by atoms with Crippen molar-refractivity contribution in [2.24, 2.45) is 0 Å². The molecule has 0 bridgehead atoms. The number of rotatable bonds is 5. The zero-order valence-electron chi connectivity index (χ0n) is 10.7. The van der Waals surface area contributed by atoms with Crippen LogP contribution in [0.5, 0.6) is 5.75 Å². The molecule has 0 amide bonds. The fourth-order valence-electron chi connectivity index (χ4n) is 1.57. The van der Waals surface area contributed by atoms with Crippen LogP contribution in [0.3, 0.4) is 0 Å². The lowest BCUT2D eigenvalue weighted by molar-refractivity contribution is 0.414. The van der Waals surface area contributed by atoms with Crippen LogP contribution in [0.2, 0.25) is 5.02 Å². The zero-order valence-corrected chi connectivity index (χ0v) is 12.2. The highest BCUT2D eigenvalue weighted by Crippen LogP contribution is 2.18. The minimum atomic E-state index is 0.767. The summed E-state index contributed by atoms with van der Waals surface area (Å²) in [5, 5.41) is 2.87. The Morgan fingerprint density at radius 2 is 1.74 bits per heavy atom. The summed E-state index contributed by atoms with van der Waals surface area (Å²) >= 11 is 7.60. The molecule has 2 aromatic rings. The standard InChI is InChI=1S/C16H15ClOS/c1-18-16-8-4-14(5-9-16)12-19-11-10-13-2-6-15(17)7-3-13/h2-11H,12H2,1H3/b11-10-. The normalized spacial score (nSPS) is 10.8. The second-order valence-corrected chi connectivity index (χ2v) is 5.34. The molecule has 2 rings (SSSR count). The van der Waals surface area contributed by atoms with Gasteiger partial charge in [0.2, 0.25) is 0 Å². The molecule has 0 aliphatic heterocycles. The second-order valence-electron chi connectivity index (χ2n) is 4.01. The summed E-state index contributed by atoms with van der Waals surface area (Å²) in [5.41, 5.74) is 2.44. The number of benzene rings is 2. The van der Waals surface area contributed by atoms with E-state index in [-0.39, 0.29) is 0 Å². The number of hydrogen-bond acceptors (Lipinski definition) is 2. The molecule has 0 unspecified atom stereocenters. The first-order valence-corrected chi connectivity index (χ1v) is 7.37. The topological polar surface area (TPSA) is 9.23 Å². The van der Waals surface area contributed by atoms with Gasteiger partial charge in [0, 0.05) is 10.8 Å². The SMILES string of the molecule is COc1ccc(CS/C=C\c2ccc(Cl)cc2)cc1. The van der Waals surface area contributed by atoms with Crippen LogP contribution in [0, 0.1) is 0 Å². The lowest BCUT2D eigenvalue weighted by atomic mass is 10.2. The summed E-state index contributed by atoms with van der Waals surface area (Å²) in [4.78, 5) is 0. The summed E-state index contributed by atoms with van der Waals surface area (Å²) in [6, 6.07) is 16.0. The van der Waals surface area contributed by atoms with Gasteiger partial charge in [0.15, 0.2) is 0 Å². The van der Waals surface area contributed by atoms with E-state index in [2.05, 4.69) is 23.6 Å². The van der Waals surface area contributed by atoms with Crippen molar-refractivity contribution >= 4 is 29.4 Å². The van der Waals surface area contributed by atoms with E-state index in [0.29, 0.717) is 0 Å². The Bertz CT molecular complexity index is 532. The van der Waals surface area contributed by atoms with E-state index in [1.54, 1.807) is 18.9 Å². The van der Waals surface area contributed by atoms with Gasteiger partial charge < -0.3 is 4.74 Å². The molecular formula is C16H15ClOS. The first kappa shape index (κ1) is 14.0. The monoisotopic (exact) mass is 290 g/mol. The fraction of sp³-hybridized carbons (Fsp3) is 0.125. The van der Waals surface area contributed by atoms with Gasteiger partial charge in [-0.05, 0) is 46.9 Å². The first-order valence-electron chi connectivity index (χ1n) is 5.94. The Balaban J connectivity index is 1.83. The Kier molecular flexibility index (Phi) is 5.37. The maximum absolute atomic E-state index is 5.84. The van der Waals surface area contributed by atoms with E-state index >= 15 is 0 Å². The molecule has 0 aromatic heterocycles. The minimum Gasteiger partial charge on any atom is -0.497 e. The van der Waals surface area contributed by atoms with Gasteiger partial charge in [-0.15, -0.1) is 11.8 Å². The molecule has 0 radical (unpaired) electrons. The van der Waals surface area contributed by atoms with E-state index in [0.717, 1.165) is 22.1 Å². The van der Waals surface area contributed by atoms with E-state index < -0.39 is 0 Å². The van der Waals surface area contributed by atoms with Crippen molar-refractivity contribution in [3.63, 3.8) is 0 Å². The predicted octanol–water partition coefficient (Wildman–Crippen LogP) is 5.25. The summed E-state index contributed by atoms with van der Waals surface area (Å²) in [5.74, 6) is 1.85. The van der Waals surface area contributed by atoms with Crippen molar-refractivity contribution in [2.75, 3.05) is 7.11 Å². The van der Waals surface area contributed by atoms with Crippen molar-refractivity contribution < 1.29 is 4.74 Å². The third kappa shape index (κ3) is 4.66. The van der Waals surface area contributed by atoms with Gasteiger partial charge >= 0.3 is 0 Å². The number of halogens is 1. The molecule has 0 spiro atoms. The molecule has 0 heterocycles. The number of thioether (sulfide) groups is 1. The van der Waals surface area contributed by atoms with Crippen molar-refractivity contribution in [2.45, 2.75) is 5.75 Å². The zero-order chi connectivity index (χ0) is 13.5. The highest BCUT2D eigenvalue weighted by atomic mass is 35.5. The smallest absolute Gasteiger partial charge is 0.118 e. The highest BCUT2D eigenvalue weighted by molar-refractivity contribution is 8.01.